The van der Waals surface area contributed by atoms with Crippen LogP contribution in [0.15, 0.2) is 42.6 Å². The predicted octanol–water partition coefficient (Wildman–Crippen LogP) is 6.36. The number of nitrogens with zero attached hydrogens (tertiary/aromatic N) is 5. The lowest BCUT2D eigenvalue weighted by atomic mass is 9.95. The van der Waals surface area contributed by atoms with Gasteiger partial charge in [0.15, 0.2) is 5.82 Å². The van der Waals surface area contributed by atoms with E-state index in [1.165, 1.54) is 6.07 Å². The molecule has 3 saturated heterocycles. The Morgan fingerprint density at radius 1 is 1.11 bits per heavy atom. The number of hydrogen-bond acceptors (Lipinski definition) is 9. The first-order chi connectivity index (χ1) is 22.0. The molecule has 0 radical (unpaired) electrons. The number of halogens is 1. The van der Waals surface area contributed by atoms with Crippen LogP contribution in [-0.4, -0.2) is 85.9 Å². The standard InChI is InChI=1S/C35H41FN6O4/c1-21-18-41(33(44)46-34(2,3)4)19-27(21)38-31-26-17-37-29(25-16-23(43)15-22-9-5-6-10-24(22)25)28(36)30(26)39-32(40-31)45-20-35-11-7-13-42(35)14-8-12-35/h5-6,9-10,15-17,21,27,43H,7-8,11-14,18-20H2,1-4H3,(H,38,39,40)/t21-,27-/m0/s1. The number of ether oxygens (including phenoxy) is 2. The number of aromatic hydroxyl groups is 1. The molecule has 2 aromatic heterocycles. The molecule has 2 aromatic carbocycles. The number of carbonyl (C=O) groups excluding carboxylic acids is 1. The number of benzene rings is 2. The molecule has 0 spiro atoms. The Morgan fingerprint density at radius 2 is 1.87 bits per heavy atom. The SMILES string of the molecule is C[C@H]1CN(C(=O)OC(C)(C)C)C[C@@H]1Nc1nc(OCC23CCCN2CCC3)nc2c(F)c(-c3cc(O)cc4ccccc34)ncc12. The number of phenols is 1. The van der Waals surface area contributed by atoms with Gasteiger partial charge in [-0.05, 0) is 88.4 Å². The van der Waals surface area contributed by atoms with Gasteiger partial charge in [-0.25, -0.2) is 9.18 Å². The molecule has 3 fully saturated rings. The highest BCUT2D eigenvalue weighted by molar-refractivity contribution is 5.99. The van der Waals surface area contributed by atoms with Crippen molar-refractivity contribution in [1.29, 1.82) is 0 Å². The molecule has 1 amide bonds. The quantitative estimate of drug-likeness (QED) is 0.252. The molecule has 0 unspecified atom stereocenters. The van der Waals surface area contributed by atoms with E-state index in [-0.39, 0.29) is 46.6 Å². The number of likely N-dealkylation sites (tertiary alicyclic amines) is 1. The van der Waals surface area contributed by atoms with E-state index in [1.807, 2.05) is 45.0 Å². The molecule has 0 saturated carbocycles. The average Bonchev–Trinajstić information content (AvgIpc) is 3.70. The molecule has 4 aromatic rings. The molecule has 0 aliphatic carbocycles. The largest absolute Gasteiger partial charge is 0.508 e. The van der Waals surface area contributed by atoms with Crippen molar-refractivity contribution in [3.63, 3.8) is 0 Å². The molecule has 242 valence electrons. The fourth-order valence-electron chi connectivity index (χ4n) is 7.36. The minimum atomic E-state index is -0.625. The van der Waals surface area contributed by atoms with E-state index in [0.717, 1.165) is 49.5 Å². The summed E-state index contributed by atoms with van der Waals surface area (Å²) in [7, 11) is 0. The van der Waals surface area contributed by atoms with Gasteiger partial charge in [0, 0.05) is 30.9 Å². The zero-order valence-corrected chi connectivity index (χ0v) is 26.8. The fourth-order valence-corrected chi connectivity index (χ4v) is 7.36. The smallest absolute Gasteiger partial charge is 0.410 e. The highest BCUT2D eigenvalue weighted by Gasteiger charge is 2.45. The number of rotatable bonds is 6. The van der Waals surface area contributed by atoms with Gasteiger partial charge in [-0.2, -0.15) is 9.97 Å². The Hall–Kier alpha value is -4.25. The summed E-state index contributed by atoms with van der Waals surface area (Å²) in [5.41, 5.74) is -0.0170. The van der Waals surface area contributed by atoms with Gasteiger partial charge in [-0.3, -0.25) is 9.88 Å². The van der Waals surface area contributed by atoms with Gasteiger partial charge in [0.2, 0.25) is 0 Å². The molecule has 3 aliphatic rings. The van der Waals surface area contributed by atoms with Gasteiger partial charge >= 0.3 is 12.1 Å². The fraction of sp³-hybridized carbons (Fsp3) is 0.486. The number of hydrogen-bond donors (Lipinski definition) is 2. The Kier molecular flexibility index (Phi) is 7.62. The minimum Gasteiger partial charge on any atom is -0.508 e. The van der Waals surface area contributed by atoms with E-state index >= 15 is 4.39 Å². The second-order valence-corrected chi connectivity index (χ2v) is 14.1. The van der Waals surface area contributed by atoms with E-state index in [2.05, 4.69) is 27.1 Å². The van der Waals surface area contributed by atoms with Crippen molar-refractivity contribution >= 4 is 33.6 Å². The van der Waals surface area contributed by atoms with Crippen molar-refractivity contribution in [2.45, 2.75) is 70.6 Å². The van der Waals surface area contributed by atoms with Gasteiger partial charge in [-0.1, -0.05) is 31.2 Å². The van der Waals surface area contributed by atoms with Gasteiger partial charge in [0.1, 0.15) is 35.0 Å². The van der Waals surface area contributed by atoms with Crippen LogP contribution in [0.4, 0.5) is 15.0 Å². The first-order valence-electron chi connectivity index (χ1n) is 16.2. The average molecular weight is 629 g/mol. The summed E-state index contributed by atoms with van der Waals surface area (Å²) in [6, 6.07) is 10.6. The Morgan fingerprint density at radius 3 is 2.63 bits per heavy atom. The van der Waals surface area contributed by atoms with Crippen molar-refractivity contribution in [2.24, 2.45) is 5.92 Å². The Bertz CT molecular complexity index is 1800. The van der Waals surface area contributed by atoms with Crippen molar-refractivity contribution in [3.8, 4) is 23.0 Å². The van der Waals surface area contributed by atoms with Crippen LogP contribution in [0.25, 0.3) is 32.9 Å². The molecule has 2 N–H and O–H groups in total. The molecule has 10 nitrogen and oxygen atoms in total. The first-order valence-corrected chi connectivity index (χ1v) is 16.2. The van der Waals surface area contributed by atoms with Crippen LogP contribution in [0, 0.1) is 11.7 Å². The molecule has 46 heavy (non-hydrogen) atoms. The number of phenolic OH excluding ortho intramolecular Hbond substituents is 1. The van der Waals surface area contributed by atoms with E-state index in [0.29, 0.717) is 36.5 Å². The summed E-state index contributed by atoms with van der Waals surface area (Å²) < 4.78 is 28.6. The molecule has 7 rings (SSSR count). The molecular weight excluding hydrogens is 587 g/mol. The maximum absolute atomic E-state index is 16.6. The maximum Gasteiger partial charge on any atom is 0.410 e. The van der Waals surface area contributed by atoms with Crippen molar-refractivity contribution < 1.29 is 23.8 Å². The van der Waals surface area contributed by atoms with Crippen LogP contribution in [0.2, 0.25) is 0 Å². The number of amides is 1. The van der Waals surface area contributed by atoms with E-state index in [9.17, 15) is 9.90 Å². The van der Waals surface area contributed by atoms with Gasteiger partial charge < -0.3 is 24.8 Å². The summed E-state index contributed by atoms with van der Waals surface area (Å²) in [5.74, 6) is -0.137. The minimum absolute atomic E-state index is 0.0192. The van der Waals surface area contributed by atoms with Crippen LogP contribution in [0.1, 0.15) is 53.4 Å². The normalized spacial score (nSPS) is 21.2. The zero-order chi connectivity index (χ0) is 32.2. The topological polar surface area (TPSA) is 113 Å². The molecule has 2 atom stereocenters. The van der Waals surface area contributed by atoms with Gasteiger partial charge in [-0.15, -0.1) is 0 Å². The van der Waals surface area contributed by atoms with E-state index in [4.69, 9.17) is 14.5 Å². The lowest BCUT2D eigenvalue weighted by molar-refractivity contribution is 0.0288. The van der Waals surface area contributed by atoms with Crippen LogP contribution in [0.5, 0.6) is 11.8 Å². The summed E-state index contributed by atoms with van der Waals surface area (Å²) >= 11 is 0. The number of anilines is 1. The number of carbonyl (C=O) groups is 1. The van der Waals surface area contributed by atoms with Crippen molar-refractivity contribution in [2.75, 3.05) is 38.1 Å². The summed E-state index contributed by atoms with van der Waals surface area (Å²) in [4.78, 5) is 31.0. The predicted molar refractivity (Wildman–Crippen MR) is 175 cm³/mol. The maximum atomic E-state index is 16.6. The molecule has 3 aliphatic heterocycles. The van der Waals surface area contributed by atoms with Crippen LogP contribution in [0.3, 0.4) is 0 Å². The number of pyridine rings is 1. The van der Waals surface area contributed by atoms with E-state index < -0.39 is 11.4 Å². The third kappa shape index (κ3) is 5.65. The Balaban J connectivity index is 1.27. The first kappa shape index (κ1) is 30.4. The van der Waals surface area contributed by atoms with Crippen LogP contribution in [-0.2, 0) is 4.74 Å². The monoisotopic (exact) mass is 628 g/mol. The van der Waals surface area contributed by atoms with Crippen LogP contribution >= 0.6 is 0 Å². The highest BCUT2D eigenvalue weighted by Crippen LogP contribution is 2.40. The lowest BCUT2D eigenvalue weighted by Crippen LogP contribution is -2.43. The zero-order valence-electron chi connectivity index (χ0n) is 26.8. The van der Waals surface area contributed by atoms with Gasteiger partial charge in [0.05, 0.1) is 10.9 Å². The summed E-state index contributed by atoms with van der Waals surface area (Å²) in [6.45, 7) is 11.1. The van der Waals surface area contributed by atoms with Crippen molar-refractivity contribution in [3.05, 3.63) is 48.4 Å². The van der Waals surface area contributed by atoms with Crippen molar-refractivity contribution in [1.82, 2.24) is 24.8 Å². The van der Waals surface area contributed by atoms with E-state index in [1.54, 1.807) is 17.2 Å². The van der Waals surface area contributed by atoms with Crippen LogP contribution < -0.4 is 10.1 Å². The summed E-state index contributed by atoms with van der Waals surface area (Å²) in [6.07, 6.45) is 5.57. The second-order valence-electron chi connectivity index (χ2n) is 14.1. The molecular formula is C35H41FN6O4. The number of aromatic nitrogens is 3. The lowest BCUT2D eigenvalue weighted by Gasteiger charge is -2.31. The van der Waals surface area contributed by atoms with Gasteiger partial charge in [0.25, 0.3) is 0 Å². The molecule has 5 heterocycles. The third-order valence-electron chi connectivity index (χ3n) is 9.63. The number of fused-ring (bicyclic) bond motifs is 3. The Labute approximate surface area is 267 Å². The summed E-state index contributed by atoms with van der Waals surface area (Å²) in [5, 5.41) is 15.9. The molecule has 0 bridgehead atoms. The second kappa shape index (κ2) is 11.5. The highest BCUT2D eigenvalue weighted by atomic mass is 19.1. The number of nitrogens with one attached hydrogen (secondary N) is 1. The molecule has 11 heteroatoms. The third-order valence-corrected chi connectivity index (χ3v) is 9.63.